The summed E-state index contributed by atoms with van der Waals surface area (Å²) in [5, 5.41) is 6.72. The van der Waals surface area contributed by atoms with E-state index >= 15 is 0 Å². The third-order valence-electron chi connectivity index (χ3n) is 3.84. The largest absolute Gasteiger partial charge is 0.326 e. The summed E-state index contributed by atoms with van der Waals surface area (Å²) in [7, 11) is 0. The van der Waals surface area contributed by atoms with Crippen LogP contribution in [-0.4, -0.2) is 26.5 Å². The predicted molar refractivity (Wildman–Crippen MR) is 101 cm³/mol. The number of aromatic nitrogens is 3. The Morgan fingerprint density at radius 1 is 1.19 bits per heavy atom. The van der Waals surface area contributed by atoms with Crippen LogP contribution in [-0.2, 0) is 4.79 Å². The monoisotopic (exact) mass is 414 g/mol. The number of aryl methyl sites for hydroxylation is 1. The van der Waals surface area contributed by atoms with Gasteiger partial charge in [0.2, 0.25) is 0 Å². The van der Waals surface area contributed by atoms with Crippen LogP contribution >= 0.6 is 15.9 Å². The molecule has 0 atom stereocenters. The van der Waals surface area contributed by atoms with E-state index in [4.69, 9.17) is 0 Å². The maximum absolute atomic E-state index is 12.6. The van der Waals surface area contributed by atoms with Crippen LogP contribution in [0.15, 0.2) is 51.9 Å². The third-order valence-corrected chi connectivity index (χ3v) is 4.30. The molecule has 0 saturated carbocycles. The van der Waals surface area contributed by atoms with Crippen LogP contribution in [0.1, 0.15) is 21.7 Å². The minimum absolute atomic E-state index is 0.0107. The number of nitrogens with zero attached hydrogens (tertiary/aromatic N) is 2. The molecule has 0 fully saturated rings. The van der Waals surface area contributed by atoms with E-state index in [1.165, 1.54) is 12.3 Å². The fourth-order valence-corrected chi connectivity index (χ4v) is 2.98. The second-order valence-electron chi connectivity index (χ2n) is 5.64. The third kappa shape index (κ3) is 3.36. The Hall–Kier alpha value is -3.00. The normalized spacial score (nSPS) is 10.6. The van der Waals surface area contributed by atoms with Crippen LogP contribution < -0.4 is 10.9 Å². The van der Waals surface area contributed by atoms with E-state index in [0.717, 1.165) is 5.69 Å². The highest BCUT2D eigenvalue weighted by Gasteiger charge is 2.25. The summed E-state index contributed by atoms with van der Waals surface area (Å²) in [5.41, 5.74) is 1.49. The molecule has 132 valence electrons. The maximum atomic E-state index is 12.6. The summed E-state index contributed by atoms with van der Waals surface area (Å²) < 4.78 is 2.19. The number of Topliss-reactive ketones (excluding diaryl/α,β-unsaturated/α-hetero) is 1. The molecule has 0 bridgehead atoms. The Kier molecular flexibility index (Phi) is 4.85. The Bertz CT molecular complexity index is 1050. The molecule has 0 aliphatic carbocycles. The van der Waals surface area contributed by atoms with Gasteiger partial charge in [-0.15, -0.1) is 0 Å². The van der Waals surface area contributed by atoms with Gasteiger partial charge in [0.25, 0.3) is 17.2 Å². The number of carbonyl (C=O) groups is 2. The van der Waals surface area contributed by atoms with Crippen molar-refractivity contribution >= 4 is 33.3 Å². The molecule has 3 rings (SSSR count). The number of hydrogen-bond donors (Lipinski definition) is 2. The molecule has 26 heavy (non-hydrogen) atoms. The first-order chi connectivity index (χ1) is 12.4. The zero-order valence-corrected chi connectivity index (χ0v) is 15.6. The summed E-state index contributed by atoms with van der Waals surface area (Å²) >= 11 is 3.20. The first kappa shape index (κ1) is 17.8. The van der Waals surface area contributed by atoms with Crippen LogP contribution in [0, 0.1) is 13.8 Å². The molecular formula is C18H15BrN4O3. The zero-order chi connectivity index (χ0) is 18.8. The fraction of sp³-hybridized carbons (Fsp3) is 0.111. The van der Waals surface area contributed by atoms with Crippen molar-refractivity contribution in [1.29, 1.82) is 0 Å². The van der Waals surface area contributed by atoms with Gasteiger partial charge >= 0.3 is 0 Å². The maximum Gasteiger partial charge on any atom is 0.297 e. The SMILES string of the molecule is Cc1nn(-c2ccccc2)c(C)c1C(=O)C(=O)Nc1cc(Br)c[nH]c1=O. The molecule has 0 spiro atoms. The molecule has 1 aromatic carbocycles. The Morgan fingerprint density at radius 2 is 1.88 bits per heavy atom. The Balaban J connectivity index is 1.93. The number of carbonyl (C=O) groups excluding carboxylic acids is 2. The van der Waals surface area contributed by atoms with Crippen LogP contribution in [0.5, 0.6) is 0 Å². The van der Waals surface area contributed by atoms with Crippen LogP contribution in [0.2, 0.25) is 0 Å². The van der Waals surface area contributed by atoms with Crippen molar-refractivity contribution in [3.8, 4) is 5.69 Å². The second-order valence-corrected chi connectivity index (χ2v) is 6.55. The minimum atomic E-state index is -0.896. The number of H-pyrrole nitrogens is 1. The van der Waals surface area contributed by atoms with E-state index in [1.807, 2.05) is 30.3 Å². The van der Waals surface area contributed by atoms with Gasteiger partial charge in [0.1, 0.15) is 5.69 Å². The van der Waals surface area contributed by atoms with Crippen LogP contribution in [0.25, 0.3) is 5.69 Å². The average Bonchev–Trinajstić information content (AvgIpc) is 2.92. The van der Waals surface area contributed by atoms with Gasteiger partial charge in [0.15, 0.2) is 0 Å². The lowest BCUT2D eigenvalue weighted by atomic mass is 10.1. The molecule has 0 unspecified atom stereocenters. The molecule has 2 aromatic heterocycles. The van der Waals surface area contributed by atoms with Crippen molar-refractivity contribution in [2.45, 2.75) is 13.8 Å². The molecule has 2 N–H and O–H groups in total. The zero-order valence-electron chi connectivity index (χ0n) is 14.0. The standard InChI is InChI=1S/C18H15BrN4O3/c1-10-15(11(2)23(22-10)13-6-4-3-5-7-13)16(24)18(26)21-14-8-12(19)9-20-17(14)25/h3-9H,1-2H3,(H,20,25)(H,21,26). The first-order valence-corrected chi connectivity index (χ1v) is 8.53. The van der Waals surface area contributed by atoms with Gasteiger partial charge in [0, 0.05) is 10.7 Å². The quantitative estimate of drug-likeness (QED) is 0.506. The first-order valence-electron chi connectivity index (χ1n) is 7.74. The van der Waals surface area contributed by atoms with E-state index in [0.29, 0.717) is 15.9 Å². The molecule has 1 amide bonds. The van der Waals surface area contributed by atoms with Crippen molar-refractivity contribution < 1.29 is 9.59 Å². The van der Waals surface area contributed by atoms with Crippen molar-refractivity contribution in [3.05, 3.63) is 74.4 Å². The van der Waals surface area contributed by atoms with E-state index in [1.54, 1.807) is 18.5 Å². The summed E-state index contributed by atoms with van der Waals surface area (Å²) in [6, 6.07) is 10.7. The Morgan fingerprint density at radius 3 is 2.58 bits per heavy atom. The number of amides is 1. The second kappa shape index (κ2) is 7.09. The van der Waals surface area contributed by atoms with E-state index in [9.17, 15) is 14.4 Å². The number of para-hydroxylation sites is 1. The number of hydrogen-bond acceptors (Lipinski definition) is 4. The number of nitrogens with one attached hydrogen (secondary N) is 2. The van der Waals surface area contributed by atoms with Crippen molar-refractivity contribution in [1.82, 2.24) is 14.8 Å². The van der Waals surface area contributed by atoms with Crippen molar-refractivity contribution in [2.75, 3.05) is 5.32 Å². The molecular weight excluding hydrogens is 400 g/mol. The summed E-state index contributed by atoms with van der Waals surface area (Å²) in [6.07, 6.45) is 1.44. The Labute approximate surface area is 157 Å². The van der Waals surface area contributed by atoms with Crippen molar-refractivity contribution in [2.24, 2.45) is 0 Å². The number of pyridine rings is 1. The van der Waals surface area contributed by atoms with Gasteiger partial charge in [-0.25, -0.2) is 4.68 Å². The van der Waals surface area contributed by atoms with E-state index in [-0.39, 0.29) is 11.3 Å². The number of ketones is 1. The van der Waals surface area contributed by atoms with Gasteiger partial charge in [0.05, 0.1) is 22.6 Å². The summed E-state index contributed by atoms with van der Waals surface area (Å²) in [4.78, 5) is 39.2. The lowest BCUT2D eigenvalue weighted by molar-refractivity contribution is -0.112. The van der Waals surface area contributed by atoms with Gasteiger partial charge in [-0.1, -0.05) is 18.2 Å². The lowest BCUT2D eigenvalue weighted by Crippen LogP contribution is -2.27. The molecule has 0 saturated heterocycles. The highest BCUT2D eigenvalue weighted by atomic mass is 79.9. The van der Waals surface area contributed by atoms with Crippen LogP contribution in [0.4, 0.5) is 5.69 Å². The van der Waals surface area contributed by atoms with Crippen molar-refractivity contribution in [3.63, 3.8) is 0 Å². The number of rotatable bonds is 4. The summed E-state index contributed by atoms with van der Waals surface area (Å²) in [5.74, 6) is -1.64. The fourth-order valence-electron chi connectivity index (χ4n) is 2.63. The van der Waals surface area contributed by atoms with Crippen LogP contribution in [0.3, 0.4) is 0 Å². The molecule has 0 aliphatic rings. The van der Waals surface area contributed by atoms with Gasteiger partial charge in [-0.3, -0.25) is 14.4 Å². The minimum Gasteiger partial charge on any atom is -0.326 e. The molecule has 0 aliphatic heterocycles. The molecule has 7 nitrogen and oxygen atoms in total. The predicted octanol–water partition coefficient (Wildman–Crippen LogP) is 2.76. The average molecular weight is 415 g/mol. The highest BCUT2D eigenvalue weighted by molar-refractivity contribution is 9.10. The lowest BCUT2D eigenvalue weighted by Gasteiger charge is -2.06. The molecule has 3 aromatic rings. The number of anilines is 1. The smallest absolute Gasteiger partial charge is 0.297 e. The highest BCUT2D eigenvalue weighted by Crippen LogP contribution is 2.19. The number of benzene rings is 1. The summed E-state index contributed by atoms with van der Waals surface area (Å²) in [6.45, 7) is 3.39. The van der Waals surface area contributed by atoms with Gasteiger partial charge in [-0.2, -0.15) is 5.10 Å². The topological polar surface area (TPSA) is 96.8 Å². The van der Waals surface area contributed by atoms with E-state index < -0.39 is 17.2 Å². The van der Waals surface area contributed by atoms with Gasteiger partial charge < -0.3 is 10.3 Å². The number of aromatic amines is 1. The van der Waals surface area contributed by atoms with Gasteiger partial charge in [-0.05, 0) is 48.0 Å². The molecule has 2 heterocycles. The molecule has 0 radical (unpaired) electrons. The van der Waals surface area contributed by atoms with E-state index in [2.05, 4.69) is 31.3 Å². The number of halogens is 1. The molecule has 8 heteroatoms.